The van der Waals surface area contributed by atoms with Crippen molar-refractivity contribution in [3.63, 3.8) is 0 Å². The number of ether oxygens (including phenoxy) is 1. The monoisotopic (exact) mass is 985 g/mol. The fourth-order valence-corrected chi connectivity index (χ4v) is 7.45. The minimum absolute atomic E-state index is 0. The summed E-state index contributed by atoms with van der Waals surface area (Å²) in [6.07, 6.45) is 10.9. The minimum atomic E-state index is 0. The van der Waals surface area contributed by atoms with Crippen LogP contribution in [-0.2, 0) is 52.8 Å². The zero-order valence-corrected chi connectivity index (χ0v) is 36.8. The molecule has 0 saturated heterocycles. The predicted octanol–water partition coefficient (Wildman–Crippen LogP) is 12.3. The van der Waals surface area contributed by atoms with Crippen LogP contribution < -0.4 is 4.74 Å². The summed E-state index contributed by atoms with van der Waals surface area (Å²) in [4.78, 5) is 17.8. The molecule has 0 unspecified atom stereocenters. The summed E-state index contributed by atoms with van der Waals surface area (Å²) in [6, 6.07) is 58.9. The van der Waals surface area contributed by atoms with E-state index in [1.807, 2.05) is 122 Å². The van der Waals surface area contributed by atoms with Crippen molar-refractivity contribution in [1.82, 2.24) is 24.5 Å². The molecule has 5 aromatic heterocycles. The molecule has 0 spiro atoms. The number of aromatic nitrogens is 5. The first-order valence-electron chi connectivity index (χ1n) is 20.4. The van der Waals surface area contributed by atoms with Gasteiger partial charge in [0.05, 0.1) is 11.4 Å². The van der Waals surface area contributed by atoms with E-state index in [9.17, 15) is 0 Å². The number of benzene rings is 5. The zero-order chi connectivity index (χ0) is 41.4. The Kier molecular flexibility index (Phi) is 13.2. The standard InChI is InChI=1S/C38H30N2O.C16H12N3O.Ir/c1-2-12-31(13-3-1)36-28-30(24-26-40-36)21-23-33-15-5-7-19-38(33)41-37-18-6-4-14-32(37)22-20-29-11-10-16-34(27-29)35-17-8-9-25-39-35;1-10-6-7-12-11-4-3-5-13(14(11)20-16(12)18-10)15-17-8-9-19(15)2;/h1-12,14-15,17-19,24-28H,20-23H2;3-4,6-9H,1-2H3;/q-2;-1;+3. The van der Waals surface area contributed by atoms with Crippen LogP contribution in [-0.4, -0.2) is 24.5 Å². The van der Waals surface area contributed by atoms with Crippen LogP contribution in [0.3, 0.4) is 0 Å². The Labute approximate surface area is 375 Å². The number of imidazole rings is 1. The van der Waals surface area contributed by atoms with Gasteiger partial charge in [-0.15, -0.1) is 89.5 Å². The molecule has 0 aliphatic rings. The second-order valence-electron chi connectivity index (χ2n) is 14.8. The number of aryl methyl sites for hydroxylation is 6. The van der Waals surface area contributed by atoms with Crippen LogP contribution in [0.5, 0.6) is 11.5 Å². The third-order valence-corrected chi connectivity index (χ3v) is 10.6. The largest absolute Gasteiger partial charge is 3.00 e. The Bertz CT molecular complexity index is 2920. The van der Waals surface area contributed by atoms with Crippen molar-refractivity contribution in [1.29, 1.82) is 0 Å². The van der Waals surface area contributed by atoms with Gasteiger partial charge in [0.15, 0.2) is 0 Å². The van der Waals surface area contributed by atoms with Crippen LogP contribution >= 0.6 is 0 Å². The van der Waals surface area contributed by atoms with E-state index in [0.29, 0.717) is 5.71 Å². The number of hydrogen-bond acceptors (Lipinski definition) is 6. The average Bonchev–Trinajstić information content (AvgIpc) is 3.92. The van der Waals surface area contributed by atoms with E-state index >= 15 is 0 Å². The Morgan fingerprint density at radius 3 is 2.02 bits per heavy atom. The van der Waals surface area contributed by atoms with Crippen molar-refractivity contribution in [3.05, 3.63) is 217 Å². The molecule has 7 nitrogen and oxygen atoms in total. The molecule has 0 saturated carbocycles. The number of fused-ring (bicyclic) bond motifs is 3. The van der Waals surface area contributed by atoms with Crippen LogP contribution in [0.15, 0.2) is 175 Å². The van der Waals surface area contributed by atoms with Crippen LogP contribution in [0.25, 0.3) is 56.0 Å². The Balaban J connectivity index is 0.000000210. The maximum absolute atomic E-state index is 6.57. The molecule has 10 aromatic rings. The summed E-state index contributed by atoms with van der Waals surface area (Å²) in [7, 11) is 1.96. The molecule has 8 heteroatoms. The quantitative estimate of drug-likeness (QED) is 0.120. The third-order valence-electron chi connectivity index (χ3n) is 10.6. The van der Waals surface area contributed by atoms with Gasteiger partial charge in [-0.3, -0.25) is 4.98 Å². The molecule has 0 bridgehead atoms. The first kappa shape index (κ1) is 41.7. The molecular formula is C54H42IrN5O2. The van der Waals surface area contributed by atoms with Gasteiger partial charge in [0, 0.05) is 42.9 Å². The van der Waals surface area contributed by atoms with Gasteiger partial charge in [0.1, 0.15) is 11.5 Å². The maximum Gasteiger partial charge on any atom is 3.00 e. The van der Waals surface area contributed by atoms with E-state index in [1.54, 1.807) is 6.20 Å². The molecule has 0 N–H and O–H groups in total. The van der Waals surface area contributed by atoms with E-state index in [2.05, 4.69) is 98.8 Å². The fraction of sp³-hybridized carbons (Fsp3) is 0.111. The van der Waals surface area contributed by atoms with Crippen LogP contribution in [0.1, 0.15) is 27.9 Å². The summed E-state index contributed by atoms with van der Waals surface area (Å²) in [5, 5.41) is 2.07. The third kappa shape index (κ3) is 9.63. The number of pyridine rings is 3. The Hall–Kier alpha value is -6.99. The summed E-state index contributed by atoms with van der Waals surface area (Å²) in [5.41, 5.74) is 12.0. The summed E-state index contributed by atoms with van der Waals surface area (Å²) in [6.45, 7) is 1.96. The topological polar surface area (TPSA) is 78.9 Å². The maximum atomic E-state index is 6.57. The van der Waals surface area contributed by atoms with Crippen LogP contribution in [0.4, 0.5) is 0 Å². The fourth-order valence-electron chi connectivity index (χ4n) is 7.45. The van der Waals surface area contributed by atoms with Gasteiger partial charge in [0.2, 0.25) is 5.71 Å². The average molecular weight is 985 g/mol. The molecule has 0 aliphatic heterocycles. The molecule has 5 heterocycles. The number of rotatable bonds is 11. The number of furan rings is 1. The molecule has 62 heavy (non-hydrogen) atoms. The van der Waals surface area contributed by atoms with E-state index in [0.717, 1.165) is 93.1 Å². The van der Waals surface area contributed by atoms with Gasteiger partial charge in [0.25, 0.3) is 0 Å². The summed E-state index contributed by atoms with van der Waals surface area (Å²) >= 11 is 0. The van der Waals surface area contributed by atoms with Gasteiger partial charge in [-0.1, -0.05) is 71.1 Å². The van der Waals surface area contributed by atoms with Crippen molar-refractivity contribution >= 4 is 22.1 Å². The minimum Gasteiger partial charge on any atom is -0.486 e. The molecular weight excluding hydrogens is 943 g/mol. The molecule has 0 amide bonds. The SMILES string of the molecule is Cc1ccc2c(n1)oc1c(-c3nccn3C)[c-]ccc12.[Ir+3].[c-]1ccccc1-c1cc(CCc2ccccc2Oc2ccccc2CCc2cc[c-]c(-c3ccccn3)c2)ccn1. The van der Waals surface area contributed by atoms with Crippen molar-refractivity contribution < 1.29 is 29.3 Å². The Morgan fingerprint density at radius 2 is 1.29 bits per heavy atom. The van der Waals surface area contributed by atoms with E-state index in [-0.39, 0.29) is 20.1 Å². The number of nitrogens with zero attached hydrogens (tertiary/aromatic N) is 5. The molecule has 0 atom stereocenters. The zero-order valence-electron chi connectivity index (χ0n) is 34.4. The summed E-state index contributed by atoms with van der Waals surface area (Å²) < 4.78 is 14.5. The molecule has 0 fully saturated rings. The van der Waals surface area contributed by atoms with Gasteiger partial charge in [-0.05, 0) is 91.5 Å². The summed E-state index contributed by atoms with van der Waals surface area (Å²) in [5.74, 6) is 2.64. The Morgan fingerprint density at radius 1 is 0.581 bits per heavy atom. The van der Waals surface area contributed by atoms with E-state index in [4.69, 9.17) is 9.15 Å². The predicted molar refractivity (Wildman–Crippen MR) is 242 cm³/mol. The van der Waals surface area contributed by atoms with Crippen molar-refractivity contribution in [2.24, 2.45) is 7.05 Å². The molecule has 0 radical (unpaired) electrons. The van der Waals surface area contributed by atoms with E-state index < -0.39 is 0 Å². The van der Waals surface area contributed by atoms with Crippen LogP contribution in [0.2, 0.25) is 0 Å². The van der Waals surface area contributed by atoms with Gasteiger partial charge < -0.3 is 23.7 Å². The first-order valence-corrected chi connectivity index (χ1v) is 20.4. The van der Waals surface area contributed by atoms with Crippen molar-refractivity contribution in [2.75, 3.05) is 0 Å². The van der Waals surface area contributed by atoms with E-state index in [1.165, 1.54) is 22.3 Å². The van der Waals surface area contributed by atoms with Crippen LogP contribution in [0, 0.1) is 25.1 Å². The molecule has 0 aliphatic carbocycles. The molecule has 5 aromatic carbocycles. The van der Waals surface area contributed by atoms with Gasteiger partial charge >= 0.3 is 20.1 Å². The second kappa shape index (κ2) is 19.6. The number of para-hydroxylation sites is 2. The first-order chi connectivity index (χ1) is 30.1. The van der Waals surface area contributed by atoms with Gasteiger partial charge in [-0.2, -0.15) is 0 Å². The normalized spacial score (nSPS) is 10.9. The van der Waals surface area contributed by atoms with Crippen molar-refractivity contribution in [2.45, 2.75) is 32.6 Å². The van der Waals surface area contributed by atoms with Gasteiger partial charge in [-0.25, -0.2) is 4.98 Å². The molecule has 304 valence electrons. The van der Waals surface area contributed by atoms with Crippen molar-refractivity contribution in [3.8, 4) is 45.4 Å². The second-order valence-corrected chi connectivity index (χ2v) is 14.8. The molecule has 10 rings (SSSR count). The number of hydrogen-bond donors (Lipinski definition) is 0. The smallest absolute Gasteiger partial charge is 0.486 e.